The van der Waals surface area contributed by atoms with Gasteiger partial charge in [-0.3, -0.25) is 4.79 Å². The van der Waals surface area contributed by atoms with Crippen LogP contribution in [0, 0.1) is 0 Å². The van der Waals surface area contributed by atoms with Crippen molar-refractivity contribution >= 4 is 21.8 Å². The molecule has 0 aliphatic heterocycles. The summed E-state index contributed by atoms with van der Waals surface area (Å²) >= 11 is 3.40. The van der Waals surface area contributed by atoms with E-state index in [1.165, 1.54) is 0 Å². The molecule has 20 heavy (non-hydrogen) atoms. The highest BCUT2D eigenvalue weighted by Gasteiger charge is 2.19. The number of amides is 1. The SMILES string of the molecule is CCCCN(CCBr)C(=O)c1ccc(OC)cc1OC. The maximum Gasteiger partial charge on any atom is 0.257 e. The van der Waals surface area contributed by atoms with Crippen LogP contribution >= 0.6 is 15.9 Å². The molecule has 1 aromatic rings. The summed E-state index contributed by atoms with van der Waals surface area (Å²) in [7, 11) is 3.15. The Hall–Kier alpha value is -1.23. The summed E-state index contributed by atoms with van der Waals surface area (Å²) in [6.45, 7) is 3.56. The van der Waals surface area contributed by atoms with Gasteiger partial charge >= 0.3 is 0 Å². The molecule has 0 heterocycles. The summed E-state index contributed by atoms with van der Waals surface area (Å²) in [5, 5.41) is 0.765. The fourth-order valence-electron chi connectivity index (χ4n) is 1.91. The molecule has 1 amide bonds. The van der Waals surface area contributed by atoms with Crippen molar-refractivity contribution in [2.45, 2.75) is 19.8 Å². The molecule has 1 rings (SSSR count). The fourth-order valence-corrected chi connectivity index (χ4v) is 2.34. The molecule has 0 spiro atoms. The Kier molecular flexibility index (Phi) is 7.44. The van der Waals surface area contributed by atoms with Crippen LogP contribution in [0.1, 0.15) is 30.1 Å². The third-order valence-electron chi connectivity index (χ3n) is 3.06. The highest BCUT2D eigenvalue weighted by Crippen LogP contribution is 2.25. The van der Waals surface area contributed by atoms with Crippen molar-refractivity contribution in [1.82, 2.24) is 4.90 Å². The molecule has 4 nitrogen and oxygen atoms in total. The summed E-state index contributed by atoms with van der Waals surface area (Å²) in [6.07, 6.45) is 2.06. The molecule has 5 heteroatoms. The van der Waals surface area contributed by atoms with Gasteiger partial charge in [-0.25, -0.2) is 0 Å². The second kappa shape index (κ2) is 8.84. The number of nitrogens with zero attached hydrogens (tertiary/aromatic N) is 1. The molecule has 0 aliphatic rings. The van der Waals surface area contributed by atoms with Crippen molar-refractivity contribution in [2.24, 2.45) is 0 Å². The quantitative estimate of drug-likeness (QED) is 0.679. The number of halogens is 1. The van der Waals surface area contributed by atoms with Gasteiger partial charge in [-0.05, 0) is 18.6 Å². The molecule has 0 N–H and O–H groups in total. The molecule has 0 saturated heterocycles. The van der Waals surface area contributed by atoms with E-state index < -0.39 is 0 Å². The van der Waals surface area contributed by atoms with E-state index in [1.54, 1.807) is 32.4 Å². The number of alkyl halides is 1. The lowest BCUT2D eigenvalue weighted by Gasteiger charge is -2.22. The molecule has 0 saturated carbocycles. The minimum Gasteiger partial charge on any atom is -0.497 e. The minimum atomic E-state index is -0.00240. The lowest BCUT2D eigenvalue weighted by molar-refractivity contribution is 0.0761. The fraction of sp³-hybridized carbons (Fsp3) is 0.533. The van der Waals surface area contributed by atoms with Gasteiger partial charge in [0.15, 0.2) is 0 Å². The van der Waals surface area contributed by atoms with Gasteiger partial charge in [0.05, 0.1) is 19.8 Å². The molecule has 0 fully saturated rings. The number of methoxy groups -OCH3 is 2. The summed E-state index contributed by atoms with van der Waals surface area (Å²) in [5.41, 5.74) is 0.574. The minimum absolute atomic E-state index is 0.00240. The molecule has 0 atom stereocenters. The number of benzene rings is 1. The van der Waals surface area contributed by atoms with Gasteiger partial charge < -0.3 is 14.4 Å². The first-order valence-corrected chi connectivity index (χ1v) is 7.87. The predicted octanol–water partition coefficient (Wildman–Crippen LogP) is 3.34. The van der Waals surface area contributed by atoms with Gasteiger partial charge in [0.2, 0.25) is 0 Å². The van der Waals surface area contributed by atoms with E-state index in [0.29, 0.717) is 23.6 Å². The maximum absolute atomic E-state index is 12.6. The molecule has 0 radical (unpaired) electrons. The normalized spacial score (nSPS) is 10.2. The lowest BCUT2D eigenvalue weighted by Crippen LogP contribution is -2.33. The van der Waals surface area contributed by atoms with Crippen molar-refractivity contribution in [1.29, 1.82) is 0 Å². The highest BCUT2D eigenvalue weighted by molar-refractivity contribution is 9.09. The van der Waals surface area contributed by atoms with Crippen LogP contribution in [0.5, 0.6) is 11.5 Å². The number of carbonyl (C=O) groups excluding carboxylic acids is 1. The number of rotatable bonds is 8. The average molecular weight is 344 g/mol. The Morgan fingerprint density at radius 3 is 2.55 bits per heavy atom. The second-order valence-corrected chi connectivity index (χ2v) is 5.19. The van der Waals surface area contributed by atoms with E-state index in [0.717, 1.165) is 24.7 Å². The third kappa shape index (κ3) is 4.40. The van der Waals surface area contributed by atoms with Crippen LogP contribution in [0.3, 0.4) is 0 Å². The first-order chi connectivity index (χ1) is 9.67. The zero-order valence-corrected chi connectivity index (χ0v) is 13.9. The molecule has 112 valence electrons. The van der Waals surface area contributed by atoms with Gasteiger partial charge in [0, 0.05) is 24.5 Å². The summed E-state index contributed by atoms with van der Waals surface area (Å²) < 4.78 is 10.5. The van der Waals surface area contributed by atoms with E-state index in [4.69, 9.17) is 9.47 Å². The zero-order chi connectivity index (χ0) is 15.0. The lowest BCUT2D eigenvalue weighted by atomic mass is 10.1. The number of ether oxygens (including phenoxy) is 2. The Morgan fingerprint density at radius 1 is 1.25 bits per heavy atom. The zero-order valence-electron chi connectivity index (χ0n) is 12.3. The van der Waals surface area contributed by atoms with Crippen molar-refractivity contribution < 1.29 is 14.3 Å². The molecule has 0 aliphatic carbocycles. The molecular weight excluding hydrogens is 322 g/mol. The maximum atomic E-state index is 12.6. The first kappa shape index (κ1) is 16.8. The van der Waals surface area contributed by atoms with E-state index in [1.807, 2.05) is 4.90 Å². The first-order valence-electron chi connectivity index (χ1n) is 6.75. The number of hydrogen-bond acceptors (Lipinski definition) is 3. The van der Waals surface area contributed by atoms with Crippen LogP contribution in [0.4, 0.5) is 0 Å². The van der Waals surface area contributed by atoms with Crippen molar-refractivity contribution in [3.63, 3.8) is 0 Å². The number of carbonyl (C=O) groups is 1. The predicted molar refractivity (Wildman–Crippen MR) is 84.2 cm³/mol. The third-order valence-corrected chi connectivity index (χ3v) is 3.42. The Morgan fingerprint density at radius 2 is 2.00 bits per heavy atom. The summed E-state index contributed by atoms with van der Waals surface area (Å²) in [4.78, 5) is 14.5. The van der Waals surface area contributed by atoms with Crippen molar-refractivity contribution in [2.75, 3.05) is 32.6 Å². The van der Waals surface area contributed by atoms with Crippen LogP contribution in [0.25, 0.3) is 0 Å². The Bertz CT molecular complexity index is 437. The van der Waals surface area contributed by atoms with Gasteiger partial charge in [-0.1, -0.05) is 29.3 Å². The number of unbranched alkanes of at least 4 members (excludes halogenated alkanes) is 1. The monoisotopic (exact) mass is 343 g/mol. The molecule has 0 aromatic heterocycles. The van der Waals surface area contributed by atoms with E-state index in [9.17, 15) is 4.79 Å². The van der Waals surface area contributed by atoms with Crippen LogP contribution in [0.15, 0.2) is 18.2 Å². The van der Waals surface area contributed by atoms with E-state index >= 15 is 0 Å². The number of hydrogen-bond donors (Lipinski definition) is 0. The second-order valence-electron chi connectivity index (χ2n) is 4.40. The van der Waals surface area contributed by atoms with Crippen LogP contribution in [-0.4, -0.2) is 43.4 Å². The van der Waals surface area contributed by atoms with Crippen LogP contribution in [-0.2, 0) is 0 Å². The van der Waals surface area contributed by atoms with Gasteiger partial charge in [0.25, 0.3) is 5.91 Å². The van der Waals surface area contributed by atoms with Crippen LogP contribution in [0.2, 0.25) is 0 Å². The largest absolute Gasteiger partial charge is 0.497 e. The average Bonchev–Trinajstić information content (AvgIpc) is 2.50. The standard InChI is InChI=1S/C15H22BrNO3/c1-4-5-9-17(10-8-16)15(18)13-7-6-12(19-2)11-14(13)20-3/h6-7,11H,4-5,8-10H2,1-3H3. The van der Waals surface area contributed by atoms with Gasteiger partial charge in [-0.2, -0.15) is 0 Å². The Labute approximate surface area is 129 Å². The molecule has 0 bridgehead atoms. The van der Waals surface area contributed by atoms with Crippen molar-refractivity contribution in [3.8, 4) is 11.5 Å². The Balaban J connectivity index is 2.97. The highest BCUT2D eigenvalue weighted by atomic mass is 79.9. The van der Waals surface area contributed by atoms with E-state index in [-0.39, 0.29) is 5.91 Å². The van der Waals surface area contributed by atoms with Gasteiger partial charge in [-0.15, -0.1) is 0 Å². The topological polar surface area (TPSA) is 38.8 Å². The van der Waals surface area contributed by atoms with Crippen LogP contribution < -0.4 is 9.47 Å². The summed E-state index contributed by atoms with van der Waals surface area (Å²) in [6, 6.07) is 5.27. The summed E-state index contributed by atoms with van der Waals surface area (Å²) in [5.74, 6) is 1.22. The molecule has 1 aromatic carbocycles. The van der Waals surface area contributed by atoms with Crippen molar-refractivity contribution in [3.05, 3.63) is 23.8 Å². The molecule has 0 unspecified atom stereocenters. The van der Waals surface area contributed by atoms with E-state index in [2.05, 4.69) is 22.9 Å². The van der Waals surface area contributed by atoms with Gasteiger partial charge in [0.1, 0.15) is 11.5 Å². The molecular formula is C15H22BrNO3. The smallest absolute Gasteiger partial charge is 0.257 e.